The van der Waals surface area contributed by atoms with Crippen LogP contribution in [0.4, 0.5) is 0 Å². The molecule has 0 aliphatic carbocycles. The quantitative estimate of drug-likeness (QED) is 0.589. The van der Waals surface area contributed by atoms with Crippen LogP contribution >= 0.6 is 0 Å². The Balaban J connectivity index is 1.84. The first kappa shape index (κ1) is 15.5. The van der Waals surface area contributed by atoms with Crippen molar-refractivity contribution in [3.05, 3.63) is 0 Å². The maximum absolute atomic E-state index is 11.6. The molecule has 1 aliphatic rings. The molecular formula is C15H30N2O. The Morgan fingerprint density at radius 1 is 1.22 bits per heavy atom. The molecule has 106 valence electrons. The van der Waals surface area contributed by atoms with Gasteiger partial charge in [-0.1, -0.05) is 39.0 Å². The van der Waals surface area contributed by atoms with Crippen LogP contribution < -0.4 is 10.6 Å². The van der Waals surface area contributed by atoms with E-state index in [0.29, 0.717) is 0 Å². The molecule has 0 saturated carbocycles. The van der Waals surface area contributed by atoms with Crippen molar-refractivity contribution < 1.29 is 4.79 Å². The highest BCUT2D eigenvalue weighted by Gasteiger charge is 2.13. The number of rotatable bonds is 10. The zero-order valence-corrected chi connectivity index (χ0v) is 12.0. The third kappa shape index (κ3) is 7.70. The fourth-order valence-corrected chi connectivity index (χ4v) is 2.53. The number of hydrogen-bond donors (Lipinski definition) is 2. The summed E-state index contributed by atoms with van der Waals surface area (Å²) in [4.78, 5) is 11.6. The molecule has 3 nitrogen and oxygen atoms in total. The highest BCUT2D eigenvalue weighted by molar-refractivity contribution is 5.75. The van der Waals surface area contributed by atoms with Crippen LogP contribution in [0.1, 0.15) is 64.7 Å². The zero-order valence-electron chi connectivity index (χ0n) is 12.0. The van der Waals surface area contributed by atoms with E-state index >= 15 is 0 Å². The average molecular weight is 254 g/mol. The van der Waals surface area contributed by atoms with Crippen molar-refractivity contribution in [1.29, 1.82) is 0 Å². The highest BCUT2D eigenvalue weighted by Crippen LogP contribution is 2.11. The van der Waals surface area contributed by atoms with Crippen molar-refractivity contribution in [2.45, 2.75) is 64.7 Å². The number of carbonyl (C=O) groups is 1. The van der Waals surface area contributed by atoms with Gasteiger partial charge in [0, 0.05) is 13.0 Å². The lowest BCUT2D eigenvalue weighted by molar-refractivity contribution is -0.121. The van der Waals surface area contributed by atoms with Crippen molar-refractivity contribution in [2.75, 3.05) is 19.6 Å². The first-order valence-electron chi connectivity index (χ1n) is 7.80. The normalized spacial score (nSPS) is 19.1. The summed E-state index contributed by atoms with van der Waals surface area (Å²) in [6.45, 7) is 5.37. The van der Waals surface area contributed by atoms with Gasteiger partial charge in [-0.3, -0.25) is 4.79 Å². The second-order valence-corrected chi connectivity index (χ2v) is 5.52. The van der Waals surface area contributed by atoms with Gasteiger partial charge in [0.1, 0.15) is 0 Å². The molecule has 1 saturated heterocycles. The Labute approximate surface area is 112 Å². The van der Waals surface area contributed by atoms with Crippen LogP contribution in [0, 0.1) is 5.92 Å². The van der Waals surface area contributed by atoms with E-state index in [1.165, 1.54) is 38.5 Å². The lowest BCUT2D eigenvalue weighted by atomic mass is 10.1. The van der Waals surface area contributed by atoms with Gasteiger partial charge in [0.2, 0.25) is 5.91 Å². The molecule has 1 atom stereocenters. The van der Waals surface area contributed by atoms with Crippen LogP contribution in [-0.2, 0) is 4.79 Å². The number of carbonyl (C=O) groups excluding carboxylic acids is 1. The monoisotopic (exact) mass is 254 g/mol. The third-order valence-corrected chi connectivity index (χ3v) is 3.79. The highest BCUT2D eigenvalue weighted by atomic mass is 16.1. The largest absolute Gasteiger partial charge is 0.356 e. The van der Waals surface area contributed by atoms with E-state index in [0.717, 1.165) is 44.8 Å². The maximum Gasteiger partial charge on any atom is 0.219 e. The first-order chi connectivity index (χ1) is 8.83. The Kier molecular flexibility index (Phi) is 8.92. The first-order valence-corrected chi connectivity index (χ1v) is 7.80. The minimum absolute atomic E-state index is 0.247. The average Bonchev–Trinajstić information content (AvgIpc) is 2.87. The second-order valence-electron chi connectivity index (χ2n) is 5.52. The van der Waals surface area contributed by atoms with Crippen molar-refractivity contribution in [3.63, 3.8) is 0 Å². The van der Waals surface area contributed by atoms with E-state index in [4.69, 9.17) is 0 Å². The summed E-state index contributed by atoms with van der Waals surface area (Å²) in [5.74, 6) is 1.02. The lowest BCUT2D eigenvalue weighted by Gasteiger charge is -2.09. The molecule has 0 aromatic rings. The topological polar surface area (TPSA) is 41.1 Å². The standard InChI is InChI=1S/C15H30N2O/c1-2-3-4-5-6-7-8-15(18)17-12-10-14-9-11-16-13-14/h14,16H,2-13H2,1H3,(H,17,18). The molecule has 1 rings (SSSR count). The van der Waals surface area contributed by atoms with Gasteiger partial charge in [0.05, 0.1) is 0 Å². The molecule has 0 aromatic carbocycles. The molecule has 1 heterocycles. The summed E-state index contributed by atoms with van der Waals surface area (Å²) >= 11 is 0. The zero-order chi connectivity index (χ0) is 13.1. The minimum Gasteiger partial charge on any atom is -0.356 e. The summed E-state index contributed by atoms with van der Waals surface area (Å²) in [5.41, 5.74) is 0. The number of hydrogen-bond acceptors (Lipinski definition) is 2. The molecule has 18 heavy (non-hydrogen) atoms. The van der Waals surface area contributed by atoms with Gasteiger partial charge in [-0.25, -0.2) is 0 Å². The number of amides is 1. The van der Waals surface area contributed by atoms with Crippen LogP contribution in [0.25, 0.3) is 0 Å². The van der Waals surface area contributed by atoms with E-state index in [1.54, 1.807) is 0 Å². The summed E-state index contributed by atoms with van der Waals surface area (Å²) in [5, 5.41) is 6.40. The van der Waals surface area contributed by atoms with Crippen LogP contribution in [0.15, 0.2) is 0 Å². The minimum atomic E-state index is 0.247. The molecule has 1 unspecified atom stereocenters. The summed E-state index contributed by atoms with van der Waals surface area (Å²) in [6, 6.07) is 0. The Bertz CT molecular complexity index is 213. The van der Waals surface area contributed by atoms with E-state index < -0.39 is 0 Å². The van der Waals surface area contributed by atoms with Crippen LogP contribution in [0.2, 0.25) is 0 Å². The summed E-state index contributed by atoms with van der Waals surface area (Å²) < 4.78 is 0. The van der Waals surface area contributed by atoms with Gasteiger partial charge < -0.3 is 10.6 Å². The SMILES string of the molecule is CCCCCCCCC(=O)NCCC1CCNC1. The fraction of sp³-hybridized carbons (Fsp3) is 0.933. The second kappa shape index (κ2) is 10.4. The molecule has 0 aromatic heterocycles. The molecule has 0 bridgehead atoms. The third-order valence-electron chi connectivity index (χ3n) is 3.79. The van der Waals surface area contributed by atoms with Gasteiger partial charge in [0.15, 0.2) is 0 Å². The molecule has 3 heteroatoms. The maximum atomic E-state index is 11.6. The van der Waals surface area contributed by atoms with E-state index in [2.05, 4.69) is 17.6 Å². The molecule has 0 spiro atoms. The summed E-state index contributed by atoms with van der Waals surface area (Å²) in [7, 11) is 0. The van der Waals surface area contributed by atoms with Gasteiger partial charge in [-0.2, -0.15) is 0 Å². The lowest BCUT2D eigenvalue weighted by Crippen LogP contribution is -2.26. The van der Waals surface area contributed by atoms with E-state index in [1.807, 2.05) is 0 Å². The van der Waals surface area contributed by atoms with Crippen molar-refractivity contribution >= 4 is 5.91 Å². The van der Waals surface area contributed by atoms with Gasteiger partial charge in [-0.05, 0) is 38.3 Å². The van der Waals surface area contributed by atoms with E-state index in [9.17, 15) is 4.79 Å². The van der Waals surface area contributed by atoms with Gasteiger partial charge in [0.25, 0.3) is 0 Å². The van der Waals surface area contributed by atoms with E-state index in [-0.39, 0.29) is 5.91 Å². The summed E-state index contributed by atoms with van der Waals surface area (Å²) in [6.07, 6.45) is 10.6. The Hall–Kier alpha value is -0.570. The van der Waals surface area contributed by atoms with Crippen molar-refractivity contribution in [2.24, 2.45) is 5.92 Å². The number of nitrogens with one attached hydrogen (secondary N) is 2. The predicted octanol–water partition coefficient (Wildman–Crippen LogP) is 2.85. The Morgan fingerprint density at radius 2 is 2.00 bits per heavy atom. The molecule has 2 N–H and O–H groups in total. The van der Waals surface area contributed by atoms with Crippen LogP contribution in [0.3, 0.4) is 0 Å². The molecule has 1 aliphatic heterocycles. The van der Waals surface area contributed by atoms with Crippen molar-refractivity contribution in [1.82, 2.24) is 10.6 Å². The van der Waals surface area contributed by atoms with Gasteiger partial charge in [-0.15, -0.1) is 0 Å². The van der Waals surface area contributed by atoms with Crippen molar-refractivity contribution in [3.8, 4) is 0 Å². The van der Waals surface area contributed by atoms with Crippen LogP contribution in [0.5, 0.6) is 0 Å². The Morgan fingerprint density at radius 3 is 2.72 bits per heavy atom. The number of unbranched alkanes of at least 4 members (excludes halogenated alkanes) is 5. The van der Waals surface area contributed by atoms with Gasteiger partial charge >= 0.3 is 0 Å². The smallest absolute Gasteiger partial charge is 0.219 e. The molecule has 1 amide bonds. The molecule has 0 radical (unpaired) electrons. The predicted molar refractivity (Wildman–Crippen MR) is 76.6 cm³/mol. The molecular weight excluding hydrogens is 224 g/mol. The van der Waals surface area contributed by atoms with Crippen LogP contribution in [-0.4, -0.2) is 25.5 Å². The fourth-order valence-electron chi connectivity index (χ4n) is 2.53. The molecule has 1 fully saturated rings.